The van der Waals surface area contributed by atoms with Crippen molar-refractivity contribution in [3.8, 4) is 11.5 Å². The van der Waals surface area contributed by atoms with Gasteiger partial charge in [-0.1, -0.05) is 12.1 Å². The SMILES string of the molecule is COc1cc(/C=C/c2nc3ccccc3o2)cc([N+](=O)[O-])c1O. The summed E-state index contributed by atoms with van der Waals surface area (Å²) in [5.74, 6) is -0.103. The first-order valence-electron chi connectivity index (χ1n) is 6.67. The predicted octanol–water partition coefficient (Wildman–Crippen LogP) is 3.62. The molecule has 0 bridgehead atoms. The molecule has 0 saturated heterocycles. The summed E-state index contributed by atoms with van der Waals surface area (Å²) in [6, 6.07) is 10.1. The van der Waals surface area contributed by atoms with Crippen molar-refractivity contribution in [3.63, 3.8) is 0 Å². The molecular weight excluding hydrogens is 300 g/mol. The number of aromatic hydroxyl groups is 1. The maximum atomic E-state index is 11.0. The highest BCUT2D eigenvalue weighted by atomic mass is 16.6. The van der Waals surface area contributed by atoms with Gasteiger partial charge in [-0.05, 0) is 29.8 Å². The second-order valence-corrected chi connectivity index (χ2v) is 4.70. The summed E-state index contributed by atoms with van der Waals surface area (Å²) in [4.78, 5) is 14.6. The number of oxazole rings is 1. The number of fused-ring (bicyclic) bond motifs is 1. The van der Waals surface area contributed by atoms with Crippen LogP contribution >= 0.6 is 0 Å². The molecule has 2 aromatic carbocycles. The van der Waals surface area contributed by atoms with Crippen LogP contribution in [0.15, 0.2) is 40.8 Å². The quantitative estimate of drug-likeness (QED) is 0.583. The third-order valence-electron chi connectivity index (χ3n) is 3.22. The van der Waals surface area contributed by atoms with Crippen LogP contribution < -0.4 is 4.74 Å². The highest BCUT2D eigenvalue weighted by molar-refractivity contribution is 5.77. The summed E-state index contributed by atoms with van der Waals surface area (Å²) in [5.41, 5.74) is 1.43. The Morgan fingerprint density at radius 2 is 2.09 bits per heavy atom. The van der Waals surface area contributed by atoms with E-state index in [2.05, 4.69) is 4.98 Å². The van der Waals surface area contributed by atoms with Crippen molar-refractivity contribution in [2.24, 2.45) is 0 Å². The Balaban J connectivity index is 1.98. The summed E-state index contributed by atoms with van der Waals surface area (Å²) in [6.07, 6.45) is 3.19. The highest BCUT2D eigenvalue weighted by Crippen LogP contribution is 2.37. The van der Waals surface area contributed by atoms with Crippen molar-refractivity contribution in [3.05, 3.63) is 58.0 Å². The van der Waals surface area contributed by atoms with Gasteiger partial charge < -0.3 is 14.3 Å². The topological polar surface area (TPSA) is 98.6 Å². The fraction of sp³-hybridized carbons (Fsp3) is 0.0625. The highest BCUT2D eigenvalue weighted by Gasteiger charge is 2.19. The first-order valence-corrected chi connectivity index (χ1v) is 6.67. The van der Waals surface area contributed by atoms with Gasteiger partial charge >= 0.3 is 5.69 Å². The number of benzene rings is 2. The minimum atomic E-state index is -0.672. The van der Waals surface area contributed by atoms with E-state index in [9.17, 15) is 15.2 Å². The maximum absolute atomic E-state index is 11.0. The van der Waals surface area contributed by atoms with Crippen molar-refractivity contribution in [2.75, 3.05) is 7.11 Å². The van der Waals surface area contributed by atoms with E-state index in [1.165, 1.54) is 19.2 Å². The Morgan fingerprint density at radius 3 is 2.78 bits per heavy atom. The van der Waals surface area contributed by atoms with Crippen LogP contribution in [0.25, 0.3) is 23.3 Å². The van der Waals surface area contributed by atoms with E-state index in [0.29, 0.717) is 17.0 Å². The van der Waals surface area contributed by atoms with E-state index in [0.717, 1.165) is 5.52 Å². The van der Waals surface area contributed by atoms with E-state index >= 15 is 0 Å². The smallest absolute Gasteiger partial charge is 0.315 e. The lowest BCUT2D eigenvalue weighted by atomic mass is 10.1. The van der Waals surface area contributed by atoms with Gasteiger partial charge in [-0.2, -0.15) is 0 Å². The predicted molar refractivity (Wildman–Crippen MR) is 84.3 cm³/mol. The molecule has 1 aromatic heterocycles. The fourth-order valence-electron chi connectivity index (χ4n) is 2.13. The fourth-order valence-corrected chi connectivity index (χ4v) is 2.13. The van der Waals surface area contributed by atoms with Crippen LogP contribution in [0.4, 0.5) is 5.69 Å². The van der Waals surface area contributed by atoms with Gasteiger partial charge in [0, 0.05) is 12.1 Å². The average Bonchev–Trinajstić information content (AvgIpc) is 2.96. The number of nitro benzene ring substituents is 1. The van der Waals surface area contributed by atoms with Gasteiger partial charge in [-0.25, -0.2) is 4.98 Å². The molecule has 3 aromatic rings. The minimum Gasteiger partial charge on any atom is -0.500 e. The molecule has 0 aliphatic heterocycles. The lowest BCUT2D eigenvalue weighted by molar-refractivity contribution is -0.386. The molecule has 23 heavy (non-hydrogen) atoms. The van der Waals surface area contributed by atoms with Gasteiger partial charge in [-0.15, -0.1) is 0 Å². The number of methoxy groups -OCH3 is 1. The second-order valence-electron chi connectivity index (χ2n) is 4.70. The largest absolute Gasteiger partial charge is 0.500 e. The van der Waals surface area contributed by atoms with E-state index in [4.69, 9.17) is 9.15 Å². The lowest BCUT2D eigenvalue weighted by Crippen LogP contribution is -1.93. The number of phenols is 1. The van der Waals surface area contributed by atoms with Gasteiger partial charge in [0.2, 0.25) is 11.6 Å². The molecule has 0 atom stereocenters. The van der Waals surface area contributed by atoms with Crippen molar-refractivity contribution in [2.45, 2.75) is 0 Å². The van der Waals surface area contributed by atoms with E-state index in [1.54, 1.807) is 18.2 Å². The third-order valence-corrected chi connectivity index (χ3v) is 3.22. The molecule has 1 heterocycles. The number of phenolic OH excluding ortho intramolecular Hbond substituents is 1. The van der Waals surface area contributed by atoms with Crippen molar-refractivity contribution < 1.29 is 19.2 Å². The molecule has 0 aliphatic carbocycles. The van der Waals surface area contributed by atoms with Crippen LogP contribution in [-0.4, -0.2) is 22.1 Å². The minimum absolute atomic E-state index is 0.0245. The Morgan fingerprint density at radius 1 is 1.30 bits per heavy atom. The third kappa shape index (κ3) is 2.84. The van der Waals surface area contributed by atoms with Crippen LogP contribution in [0.5, 0.6) is 11.5 Å². The monoisotopic (exact) mass is 312 g/mol. The summed E-state index contributed by atoms with van der Waals surface area (Å²) in [6.45, 7) is 0. The number of nitrogens with zero attached hydrogens (tertiary/aromatic N) is 2. The molecule has 0 saturated carbocycles. The van der Waals surface area contributed by atoms with Gasteiger partial charge in [0.25, 0.3) is 0 Å². The van der Waals surface area contributed by atoms with E-state index in [-0.39, 0.29) is 5.75 Å². The molecular formula is C16H12N2O5. The standard InChI is InChI=1S/C16H12N2O5/c1-22-14-9-10(8-12(16(14)19)18(20)21)6-7-15-17-11-4-2-3-5-13(11)23-15/h2-9,19H,1H3/b7-6+. The van der Waals surface area contributed by atoms with Crippen molar-refractivity contribution in [1.82, 2.24) is 4.98 Å². The van der Waals surface area contributed by atoms with E-state index in [1.807, 2.05) is 18.2 Å². The summed E-state index contributed by atoms with van der Waals surface area (Å²) < 4.78 is 10.5. The Kier molecular flexibility index (Phi) is 3.68. The average molecular weight is 312 g/mol. The number of aromatic nitrogens is 1. The van der Waals surface area contributed by atoms with Crippen LogP contribution in [0.2, 0.25) is 0 Å². The van der Waals surface area contributed by atoms with Crippen molar-refractivity contribution >= 4 is 28.9 Å². The molecule has 7 nitrogen and oxygen atoms in total. The molecule has 1 N–H and O–H groups in total. The van der Waals surface area contributed by atoms with Crippen LogP contribution in [-0.2, 0) is 0 Å². The number of hydrogen-bond acceptors (Lipinski definition) is 6. The molecule has 0 spiro atoms. The van der Waals surface area contributed by atoms with Crippen molar-refractivity contribution in [1.29, 1.82) is 0 Å². The zero-order chi connectivity index (χ0) is 16.4. The molecule has 3 rings (SSSR count). The normalized spacial score (nSPS) is 11.2. The summed E-state index contributed by atoms with van der Waals surface area (Å²) in [5, 5.41) is 20.7. The number of ether oxygens (including phenoxy) is 1. The number of hydrogen-bond donors (Lipinski definition) is 1. The number of rotatable bonds is 4. The Hall–Kier alpha value is -3.35. The molecule has 0 unspecified atom stereocenters. The molecule has 0 fully saturated rings. The van der Waals surface area contributed by atoms with Crippen LogP contribution in [0, 0.1) is 10.1 Å². The second kappa shape index (κ2) is 5.80. The zero-order valence-electron chi connectivity index (χ0n) is 12.1. The van der Waals surface area contributed by atoms with Gasteiger partial charge in [0.05, 0.1) is 12.0 Å². The first-order chi connectivity index (χ1) is 11.1. The van der Waals surface area contributed by atoms with Gasteiger partial charge in [0.15, 0.2) is 11.3 Å². The van der Waals surface area contributed by atoms with Gasteiger partial charge in [-0.3, -0.25) is 10.1 Å². The van der Waals surface area contributed by atoms with Gasteiger partial charge in [0.1, 0.15) is 5.52 Å². The number of para-hydroxylation sites is 2. The molecule has 0 aliphatic rings. The Labute approximate surface area is 130 Å². The Bertz CT molecular complexity index is 881. The lowest BCUT2D eigenvalue weighted by Gasteiger charge is -2.05. The maximum Gasteiger partial charge on any atom is 0.315 e. The molecule has 0 radical (unpaired) electrons. The number of nitro groups is 1. The molecule has 116 valence electrons. The molecule has 0 amide bonds. The van der Waals surface area contributed by atoms with Crippen LogP contribution in [0.1, 0.15) is 11.5 Å². The molecule has 7 heteroatoms. The summed E-state index contributed by atoms with van der Waals surface area (Å²) >= 11 is 0. The summed E-state index contributed by atoms with van der Waals surface area (Å²) in [7, 11) is 1.33. The van der Waals surface area contributed by atoms with E-state index < -0.39 is 16.4 Å². The zero-order valence-corrected chi connectivity index (χ0v) is 12.1. The first kappa shape index (κ1) is 14.6. The van der Waals surface area contributed by atoms with Crippen LogP contribution in [0.3, 0.4) is 0 Å².